The number of rotatable bonds is 12. The van der Waals surface area contributed by atoms with Gasteiger partial charge in [0.1, 0.15) is 5.75 Å². The Bertz CT molecular complexity index is 995. The van der Waals surface area contributed by atoms with E-state index in [-0.39, 0.29) is 0 Å². The second-order valence-corrected chi connectivity index (χ2v) is 17.4. The van der Waals surface area contributed by atoms with Crippen LogP contribution in [0.3, 0.4) is 0 Å². The number of piperidine rings is 1. The molecule has 1 aliphatic heterocycles. The van der Waals surface area contributed by atoms with Gasteiger partial charge in [0.25, 0.3) is 8.32 Å². The highest BCUT2D eigenvalue weighted by Gasteiger charge is 2.47. The predicted octanol–water partition coefficient (Wildman–Crippen LogP) is 6.75. The van der Waals surface area contributed by atoms with Crippen LogP contribution in [-0.2, 0) is 5.60 Å². The number of aliphatic hydroxyl groups is 2. The Morgan fingerprint density at radius 1 is 1.00 bits per heavy atom. The van der Waals surface area contributed by atoms with Crippen LogP contribution in [0, 0.1) is 6.92 Å². The molecular formula is C31H50N2O4Si. The third-order valence-electron chi connectivity index (χ3n) is 8.43. The predicted molar refractivity (Wildman–Crippen MR) is 157 cm³/mol. The summed E-state index contributed by atoms with van der Waals surface area (Å²) in [6, 6.07) is 9.88. The summed E-state index contributed by atoms with van der Waals surface area (Å²) >= 11 is 0. The van der Waals surface area contributed by atoms with E-state index in [1.807, 2.05) is 24.3 Å². The Hall–Kier alpha value is -1.93. The highest BCUT2D eigenvalue weighted by molar-refractivity contribution is 6.78. The Labute approximate surface area is 231 Å². The molecule has 7 heteroatoms. The first kappa shape index (κ1) is 30.6. The van der Waals surface area contributed by atoms with E-state index in [0.717, 1.165) is 28.9 Å². The van der Waals surface area contributed by atoms with Gasteiger partial charge in [-0.2, -0.15) is 0 Å². The van der Waals surface area contributed by atoms with Crippen LogP contribution in [0.25, 0.3) is 0 Å². The Morgan fingerprint density at radius 2 is 1.63 bits per heavy atom. The SMILES string of the molecule is CCCOc1ccc(C2(O)CCN(CC(O)c3cccc(C)c3O[Si](C(C)C)(C(C)C)C(C)C)CC2)cn1. The van der Waals surface area contributed by atoms with Crippen molar-refractivity contribution in [1.82, 2.24) is 9.88 Å². The van der Waals surface area contributed by atoms with Crippen molar-refractivity contribution in [2.24, 2.45) is 0 Å². The molecule has 1 fully saturated rings. The third kappa shape index (κ3) is 6.61. The van der Waals surface area contributed by atoms with E-state index < -0.39 is 20.0 Å². The number of nitrogens with zero attached hydrogens (tertiary/aromatic N) is 2. The molecule has 2 N–H and O–H groups in total. The molecule has 0 saturated carbocycles. The summed E-state index contributed by atoms with van der Waals surface area (Å²) in [4.78, 5) is 6.63. The molecule has 0 aliphatic carbocycles. The first-order valence-corrected chi connectivity index (χ1v) is 16.6. The first-order valence-electron chi connectivity index (χ1n) is 14.4. The van der Waals surface area contributed by atoms with Gasteiger partial charge in [0.05, 0.1) is 18.3 Å². The van der Waals surface area contributed by atoms with E-state index >= 15 is 0 Å². The summed E-state index contributed by atoms with van der Waals surface area (Å²) in [5, 5.41) is 22.8. The van der Waals surface area contributed by atoms with Gasteiger partial charge in [0, 0.05) is 43.0 Å². The number of para-hydroxylation sites is 1. The minimum atomic E-state index is -2.17. The fraction of sp³-hybridized carbons (Fsp3) is 0.645. The number of benzene rings is 1. The van der Waals surface area contributed by atoms with Crippen LogP contribution in [-0.4, -0.2) is 54.7 Å². The zero-order valence-corrected chi connectivity index (χ0v) is 25.8. The highest BCUT2D eigenvalue weighted by Crippen LogP contribution is 2.45. The monoisotopic (exact) mass is 542 g/mol. The number of hydrogen-bond donors (Lipinski definition) is 2. The number of aryl methyl sites for hydroxylation is 1. The molecule has 1 aromatic carbocycles. The molecule has 6 nitrogen and oxygen atoms in total. The highest BCUT2D eigenvalue weighted by atomic mass is 28.4. The largest absolute Gasteiger partial charge is 0.542 e. The van der Waals surface area contributed by atoms with Crippen molar-refractivity contribution in [3.63, 3.8) is 0 Å². The topological polar surface area (TPSA) is 75.1 Å². The van der Waals surface area contributed by atoms with Gasteiger partial charge in [-0.15, -0.1) is 0 Å². The van der Waals surface area contributed by atoms with E-state index in [9.17, 15) is 10.2 Å². The van der Waals surface area contributed by atoms with Gasteiger partial charge in [-0.3, -0.25) is 0 Å². The zero-order chi connectivity index (χ0) is 28.1. The van der Waals surface area contributed by atoms with Crippen LogP contribution >= 0.6 is 0 Å². The molecule has 2 heterocycles. The molecule has 0 spiro atoms. The van der Waals surface area contributed by atoms with Crippen LogP contribution in [0.2, 0.25) is 16.6 Å². The second-order valence-electron chi connectivity index (χ2n) is 12.0. The summed E-state index contributed by atoms with van der Waals surface area (Å²) in [5.74, 6) is 1.46. The summed E-state index contributed by atoms with van der Waals surface area (Å²) in [6.45, 7) is 20.4. The minimum Gasteiger partial charge on any atom is -0.542 e. The van der Waals surface area contributed by atoms with E-state index in [1.54, 1.807) is 6.20 Å². The molecule has 0 amide bonds. The number of likely N-dealkylation sites (tertiary alicyclic amines) is 1. The molecule has 38 heavy (non-hydrogen) atoms. The van der Waals surface area contributed by atoms with Gasteiger partial charge in [-0.05, 0) is 54.4 Å². The fourth-order valence-electron chi connectivity index (χ4n) is 6.29. The van der Waals surface area contributed by atoms with Crippen molar-refractivity contribution in [2.75, 3.05) is 26.2 Å². The molecule has 1 aromatic heterocycles. The van der Waals surface area contributed by atoms with Gasteiger partial charge in [-0.1, -0.05) is 66.7 Å². The van der Waals surface area contributed by atoms with Crippen LogP contribution in [0.1, 0.15) is 90.5 Å². The van der Waals surface area contributed by atoms with E-state index in [0.29, 0.717) is 61.6 Å². The average molecular weight is 543 g/mol. The van der Waals surface area contributed by atoms with E-state index in [1.165, 1.54) is 0 Å². The molecule has 1 saturated heterocycles. The van der Waals surface area contributed by atoms with Crippen molar-refractivity contribution in [3.05, 3.63) is 53.2 Å². The van der Waals surface area contributed by atoms with Crippen LogP contribution in [0.5, 0.6) is 11.6 Å². The summed E-state index contributed by atoms with van der Waals surface area (Å²) < 4.78 is 12.7. The number of pyridine rings is 1. The molecule has 3 rings (SSSR count). The maximum atomic E-state index is 11.4. The smallest absolute Gasteiger partial charge is 0.258 e. The van der Waals surface area contributed by atoms with E-state index in [2.05, 4.69) is 71.3 Å². The Balaban J connectivity index is 1.72. The standard InChI is InChI=1S/C31H50N2O4Si/c1-9-19-36-29-14-13-26(20-32-29)31(35)15-17-33(18-16-31)21-28(34)27-12-10-11-25(8)30(27)37-38(22(2)3,23(4)5)24(6)7/h10-14,20,22-24,28,34-35H,9,15-19,21H2,1-8H3. The molecule has 0 radical (unpaired) electrons. The third-order valence-corrected chi connectivity index (χ3v) is 14.4. The van der Waals surface area contributed by atoms with Gasteiger partial charge >= 0.3 is 0 Å². The van der Waals surface area contributed by atoms with Gasteiger partial charge < -0.3 is 24.3 Å². The van der Waals surface area contributed by atoms with Crippen molar-refractivity contribution in [2.45, 2.75) is 103 Å². The number of ether oxygens (including phenoxy) is 1. The Kier molecular flexibility index (Phi) is 10.4. The van der Waals surface area contributed by atoms with Crippen molar-refractivity contribution in [1.29, 1.82) is 0 Å². The van der Waals surface area contributed by atoms with Crippen molar-refractivity contribution in [3.8, 4) is 11.6 Å². The van der Waals surface area contributed by atoms with Crippen molar-refractivity contribution < 1.29 is 19.4 Å². The molecule has 1 aliphatic rings. The normalized spacial score (nSPS) is 17.3. The maximum absolute atomic E-state index is 11.4. The number of aromatic nitrogens is 1. The molecular weight excluding hydrogens is 492 g/mol. The summed E-state index contributed by atoms with van der Waals surface area (Å²) in [6.07, 6.45) is 3.20. The molecule has 1 atom stereocenters. The van der Waals surface area contributed by atoms with Gasteiger partial charge in [0.2, 0.25) is 5.88 Å². The average Bonchev–Trinajstić information content (AvgIpc) is 2.87. The summed E-state index contributed by atoms with van der Waals surface area (Å²) in [5.41, 5.74) is 3.22. The van der Waals surface area contributed by atoms with Crippen LogP contribution < -0.4 is 9.16 Å². The summed E-state index contributed by atoms with van der Waals surface area (Å²) in [7, 11) is -2.17. The van der Waals surface area contributed by atoms with E-state index in [4.69, 9.17) is 9.16 Å². The number of β-amino-alcohol motifs (C(OH)–C–C–N with tert-alkyl or cyclic N) is 1. The quantitative estimate of drug-likeness (QED) is 0.289. The van der Waals surface area contributed by atoms with Crippen LogP contribution in [0.4, 0.5) is 0 Å². The first-order chi connectivity index (χ1) is 17.9. The van der Waals surface area contributed by atoms with Crippen molar-refractivity contribution >= 4 is 8.32 Å². The maximum Gasteiger partial charge on any atom is 0.258 e. The molecule has 212 valence electrons. The lowest BCUT2D eigenvalue weighted by Gasteiger charge is -2.43. The van der Waals surface area contributed by atoms with Crippen LogP contribution in [0.15, 0.2) is 36.5 Å². The molecule has 2 aromatic rings. The fourth-order valence-corrected chi connectivity index (χ4v) is 11.6. The second kappa shape index (κ2) is 12.9. The number of hydrogen-bond acceptors (Lipinski definition) is 6. The Morgan fingerprint density at radius 3 is 2.16 bits per heavy atom. The van der Waals surface area contributed by atoms with Gasteiger partial charge in [0.15, 0.2) is 0 Å². The molecule has 1 unspecified atom stereocenters. The lowest BCUT2D eigenvalue weighted by atomic mass is 9.85. The number of aliphatic hydroxyl groups excluding tert-OH is 1. The zero-order valence-electron chi connectivity index (χ0n) is 24.8. The molecule has 0 bridgehead atoms. The minimum absolute atomic E-state index is 0.452. The lowest BCUT2D eigenvalue weighted by molar-refractivity contribution is -0.0348. The lowest BCUT2D eigenvalue weighted by Crippen LogP contribution is -2.51. The van der Waals surface area contributed by atoms with Gasteiger partial charge in [-0.25, -0.2) is 4.98 Å².